The molecule has 0 bridgehead atoms. The molecule has 0 spiro atoms. The third-order valence-corrected chi connectivity index (χ3v) is 8.53. The Morgan fingerprint density at radius 3 is 2.08 bits per heavy atom. The van der Waals surface area contributed by atoms with Crippen molar-refractivity contribution in [3.05, 3.63) is 66.2 Å². The molecule has 0 N–H and O–H groups in total. The number of halogens is 2. The van der Waals surface area contributed by atoms with Gasteiger partial charge in [0.2, 0.25) is 10.0 Å². The summed E-state index contributed by atoms with van der Waals surface area (Å²) in [5.41, 5.74) is 1.12. The molecule has 2 atom stereocenters. The Morgan fingerprint density at radius 1 is 0.960 bits per heavy atom. The third kappa shape index (κ3) is 5.64. The van der Waals surface area contributed by atoms with Crippen molar-refractivity contribution in [2.24, 2.45) is 0 Å². The Hall–Kier alpha value is -0.690. The molecule has 2 rings (SSSR count). The third-order valence-electron chi connectivity index (χ3n) is 3.96. The molecule has 0 aliphatic heterocycles. The normalized spacial score (nSPS) is 14.4. The smallest absolute Gasteiger partial charge is 0.207 e. The highest BCUT2D eigenvalue weighted by molar-refractivity contribution is 9.12. The van der Waals surface area contributed by atoms with Gasteiger partial charge < -0.3 is 0 Å². The van der Waals surface area contributed by atoms with Crippen LogP contribution in [0.5, 0.6) is 0 Å². The van der Waals surface area contributed by atoms with Crippen molar-refractivity contribution < 1.29 is 8.42 Å². The molecule has 0 saturated carbocycles. The number of unbranched alkanes of at least 4 members (excludes halogenated alkanes) is 1. The van der Waals surface area contributed by atoms with Crippen LogP contribution in [0, 0.1) is 0 Å². The van der Waals surface area contributed by atoms with Crippen LogP contribution < -0.4 is 0 Å². The summed E-state index contributed by atoms with van der Waals surface area (Å²) in [6, 6.07) is 18.7. The van der Waals surface area contributed by atoms with Crippen LogP contribution in [0.3, 0.4) is 0 Å². The standard InChI is InChI=1S/C19H23Br2NO2S/c1-2-3-14-22(25(23,24)17-12-8-5-9-13-17)15-18(20)19(21)16-10-6-4-7-11-16/h4-13,18-19H,2-3,14-15H2,1H3. The van der Waals surface area contributed by atoms with Crippen molar-refractivity contribution in [1.29, 1.82) is 0 Å². The van der Waals surface area contributed by atoms with Gasteiger partial charge in [-0.05, 0) is 24.1 Å². The quantitative estimate of drug-likeness (QED) is 0.444. The van der Waals surface area contributed by atoms with Crippen LogP contribution in [-0.4, -0.2) is 30.6 Å². The monoisotopic (exact) mass is 487 g/mol. The van der Waals surface area contributed by atoms with Gasteiger partial charge in [-0.3, -0.25) is 0 Å². The predicted molar refractivity (Wildman–Crippen MR) is 111 cm³/mol. The molecule has 0 fully saturated rings. The Bertz CT molecular complexity index is 739. The summed E-state index contributed by atoms with van der Waals surface area (Å²) < 4.78 is 27.6. The maximum Gasteiger partial charge on any atom is 0.243 e. The molecule has 0 heterocycles. The lowest BCUT2D eigenvalue weighted by Gasteiger charge is -2.27. The van der Waals surface area contributed by atoms with Gasteiger partial charge in [-0.2, -0.15) is 4.31 Å². The molecule has 2 unspecified atom stereocenters. The molecular formula is C19H23Br2NO2S. The minimum Gasteiger partial charge on any atom is -0.207 e. The Balaban J connectivity index is 2.20. The first-order valence-electron chi connectivity index (χ1n) is 8.35. The summed E-state index contributed by atoms with van der Waals surface area (Å²) >= 11 is 7.39. The van der Waals surface area contributed by atoms with E-state index in [9.17, 15) is 8.42 Å². The molecule has 25 heavy (non-hydrogen) atoms. The highest BCUT2D eigenvalue weighted by Gasteiger charge is 2.28. The molecule has 0 saturated heterocycles. The maximum absolute atomic E-state index is 13.0. The van der Waals surface area contributed by atoms with E-state index in [2.05, 4.69) is 38.8 Å². The van der Waals surface area contributed by atoms with Gasteiger partial charge >= 0.3 is 0 Å². The van der Waals surface area contributed by atoms with Crippen molar-refractivity contribution in [3.8, 4) is 0 Å². The van der Waals surface area contributed by atoms with Crippen molar-refractivity contribution >= 4 is 41.9 Å². The zero-order valence-electron chi connectivity index (χ0n) is 14.2. The van der Waals surface area contributed by atoms with Crippen LogP contribution >= 0.6 is 31.9 Å². The second-order valence-corrected chi connectivity index (χ2v) is 9.96. The molecule has 3 nitrogen and oxygen atoms in total. The van der Waals surface area contributed by atoms with Crippen LogP contribution in [0.2, 0.25) is 0 Å². The molecule has 136 valence electrons. The first-order valence-corrected chi connectivity index (χ1v) is 11.6. The number of hydrogen-bond donors (Lipinski definition) is 0. The highest BCUT2D eigenvalue weighted by atomic mass is 79.9. The van der Waals surface area contributed by atoms with E-state index < -0.39 is 10.0 Å². The molecule has 0 aliphatic carbocycles. The second kappa shape index (κ2) is 9.86. The van der Waals surface area contributed by atoms with Gasteiger partial charge in [0.05, 0.1) is 9.72 Å². The van der Waals surface area contributed by atoms with E-state index in [4.69, 9.17) is 0 Å². The van der Waals surface area contributed by atoms with E-state index in [0.29, 0.717) is 18.0 Å². The zero-order valence-corrected chi connectivity index (χ0v) is 18.2. The number of rotatable bonds is 9. The molecule has 0 aliphatic rings. The molecule has 0 radical (unpaired) electrons. The number of alkyl halides is 2. The van der Waals surface area contributed by atoms with E-state index in [1.54, 1.807) is 28.6 Å². The number of sulfonamides is 1. The minimum atomic E-state index is -3.50. The van der Waals surface area contributed by atoms with Gasteiger partial charge in [-0.15, -0.1) is 0 Å². The fourth-order valence-electron chi connectivity index (χ4n) is 2.52. The summed E-state index contributed by atoms with van der Waals surface area (Å²) in [5.74, 6) is 0. The Kier molecular flexibility index (Phi) is 8.13. The Morgan fingerprint density at radius 2 is 1.52 bits per heavy atom. The summed E-state index contributed by atoms with van der Waals surface area (Å²) in [5, 5.41) is 0. The van der Waals surface area contributed by atoms with Crippen molar-refractivity contribution in [3.63, 3.8) is 0 Å². The molecule has 2 aromatic carbocycles. The fourth-order valence-corrected chi connectivity index (χ4v) is 5.36. The number of benzene rings is 2. The van der Waals surface area contributed by atoms with Crippen LogP contribution in [-0.2, 0) is 10.0 Å². The van der Waals surface area contributed by atoms with Crippen LogP contribution in [0.15, 0.2) is 65.6 Å². The fraction of sp³-hybridized carbons (Fsp3) is 0.368. The summed E-state index contributed by atoms with van der Waals surface area (Å²) in [6.07, 6.45) is 1.79. The van der Waals surface area contributed by atoms with Crippen LogP contribution in [0.25, 0.3) is 0 Å². The van der Waals surface area contributed by atoms with E-state index in [0.717, 1.165) is 18.4 Å². The van der Waals surface area contributed by atoms with Crippen molar-refractivity contribution in [1.82, 2.24) is 4.31 Å². The van der Waals surface area contributed by atoms with Crippen molar-refractivity contribution in [2.45, 2.75) is 34.3 Å². The Labute approximate surface area is 167 Å². The number of nitrogens with zero attached hydrogens (tertiary/aromatic N) is 1. The molecule has 0 aromatic heterocycles. The van der Waals surface area contributed by atoms with Gasteiger partial charge in [-0.1, -0.05) is 93.7 Å². The zero-order chi connectivity index (χ0) is 18.3. The van der Waals surface area contributed by atoms with Gasteiger partial charge in [-0.25, -0.2) is 8.42 Å². The van der Waals surface area contributed by atoms with Crippen molar-refractivity contribution in [2.75, 3.05) is 13.1 Å². The topological polar surface area (TPSA) is 37.4 Å². The molecule has 2 aromatic rings. The van der Waals surface area contributed by atoms with E-state index in [-0.39, 0.29) is 9.65 Å². The lowest BCUT2D eigenvalue weighted by Crippen LogP contribution is -2.37. The predicted octanol–water partition coefficient (Wildman–Crippen LogP) is 5.38. The lowest BCUT2D eigenvalue weighted by molar-refractivity contribution is 0.402. The lowest BCUT2D eigenvalue weighted by atomic mass is 10.1. The SMILES string of the molecule is CCCCN(CC(Br)C(Br)c1ccccc1)S(=O)(=O)c1ccccc1. The average Bonchev–Trinajstić information content (AvgIpc) is 2.65. The molecular weight excluding hydrogens is 466 g/mol. The van der Waals surface area contributed by atoms with Gasteiger partial charge in [0.1, 0.15) is 0 Å². The first kappa shape index (κ1) is 20.6. The summed E-state index contributed by atoms with van der Waals surface area (Å²) in [4.78, 5) is 0.339. The van der Waals surface area contributed by atoms with E-state index in [1.807, 2.05) is 36.4 Å². The largest absolute Gasteiger partial charge is 0.243 e. The van der Waals surface area contributed by atoms with Gasteiger partial charge in [0.25, 0.3) is 0 Å². The van der Waals surface area contributed by atoms with Crippen LogP contribution in [0.4, 0.5) is 0 Å². The molecule has 6 heteroatoms. The van der Waals surface area contributed by atoms with E-state index >= 15 is 0 Å². The van der Waals surface area contributed by atoms with Crippen LogP contribution in [0.1, 0.15) is 30.2 Å². The first-order chi connectivity index (χ1) is 12.0. The summed E-state index contributed by atoms with van der Waals surface area (Å²) in [7, 11) is -3.50. The minimum absolute atomic E-state index is 0.0313. The number of hydrogen-bond acceptors (Lipinski definition) is 2. The van der Waals surface area contributed by atoms with Gasteiger partial charge in [0, 0.05) is 17.9 Å². The highest BCUT2D eigenvalue weighted by Crippen LogP contribution is 2.32. The molecule has 0 amide bonds. The maximum atomic E-state index is 13.0. The van der Waals surface area contributed by atoms with Gasteiger partial charge in [0.15, 0.2) is 0 Å². The average molecular weight is 489 g/mol. The second-order valence-electron chi connectivity index (χ2n) is 5.86. The summed E-state index contributed by atoms with van der Waals surface area (Å²) in [6.45, 7) is 2.99. The van der Waals surface area contributed by atoms with E-state index in [1.165, 1.54) is 0 Å².